The monoisotopic (exact) mass is 286 g/mol. The Labute approximate surface area is 117 Å². The lowest BCUT2D eigenvalue weighted by Crippen LogP contribution is -2.05. The summed E-state index contributed by atoms with van der Waals surface area (Å²) in [6.07, 6.45) is 1.55. The third-order valence-corrected chi connectivity index (χ3v) is 5.00. The van der Waals surface area contributed by atoms with Crippen LogP contribution in [0.5, 0.6) is 0 Å². The van der Waals surface area contributed by atoms with Crippen molar-refractivity contribution in [3.05, 3.63) is 60.0 Å². The van der Waals surface area contributed by atoms with Crippen molar-refractivity contribution in [2.45, 2.75) is 23.8 Å². The molecule has 5 heteroatoms. The van der Waals surface area contributed by atoms with Gasteiger partial charge in [-0.05, 0) is 44.2 Å². The molecule has 20 heavy (non-hydrogen) atoms. The van der Waals surface area contributed by atoms with E-state index in [0.717, 1.165) is 16.8 Å². The smallest absolute Gasteiger partial charge is 0.223 e. The fraction of sp³-hybridized carbons (Fsp3) is 0.133. The van der Waals surface area contributed by atoms with Crippen LogP contribution < -0.4 is 0 Å². The number of aromatic nitrogens is 2. The van der Waals surface area contributed by atoms with Crippen molar-refractivity contribution in [3.63, 3.8) is 0 Å². The SMILES string of the molecule is Cc1ccc(S(=O)(=O)c2cc3ccc(C)n3cn2)cc1. The quantitative estimate of drug-likeness (QED) is 0.681. The molecule has 0 aliphatic rings. The van der Waals surface area contributed by atoms with Gasteiger partial charge in [0.25, 0.3) is 0 Å². The Hall–Kier alpha value is -2.14. The minimum atomic E-state index is -3.56. The van der Waals surface area contributed by atoms with Crippen molar-refractivity contribution in [1.29, 1.82) is 0 Å². The molecule has 0 amide bonds. The summed E-state index contributed by atoms with van der Waals surface area (Å²) < 4.78 is 26.9. The van der Waals surface area contributed by atoms with E-state index in [4.69, 9.17) is 0 Å². The van der Waals surface area contributed by atoms with E-state index in [1.165, 1.54) is 0 Å². The lowest BCUT2D eigenvalue weighted by Gasteiger charge is -2.05. The van der Waals surface area contributed by atoms with Gasteiger partial charge in [-0.25, -0.2) is 13.4 Å². The van der Waals surface area contributed by atoms with Crippen molar-refractivity contribution < 1.29 is 8.42 Å². The Morgan fingerprint density at radius 1 is 1.00 bits per heavy atom. The second-order valence-electron chi connectivity index (χ2n) is 4.81. The van der Waals surface area contributed by atoms with E-state index >= 15 is 0 Å². The molecule has 3 rings (SSSR count). The van der Waals surface area contributed by atoms with E-state index in [2.05, 4.69) is 4.98 Å². The van der Waals surface area contributed by atoms with Gasteiger partial charge in [-0.15, -0.1) is 0 Å². The fourth-order valence-corrected chi connectivity index (χ4v) is 3.31. The van der Waals surface area contributed by atoms with Gasteiger partial charge in [0.2, 0.25) is 9.84 Å². The highest BCUT2D eigenvalue weighted by Gasteiger charge is 2.19. The van der Waals surface area contributed by atoms with Gasteiger partial charge in [-0.2, -0.15) is 0 Å². The first kappa shape index (κ1) is 12.9. The van der Waals surface area contributed by atoms with E-state index in [1.54, 1.807) is 36.7 Å². The molecule has 0 saturated carbocycles. The Bertz CT molecular complexity index is 878. The number of benzene rings is 1. The largest absolute Gasteiger partial charge is 0.305 e. The van der Waals surface area contributed by atoms with E-state index in [0.29, 0.717) is 0 Å². The standard InChI is InChI=1S/C15H14N2O2S/c1-11-3-7-14(8-4-11)20(18,19)15-9-13-6-5-12(2)17(13)10-16-15/h3-10H,1-2H3. The lowest BCUT2D eigenvalue weighted by molar-refractivity contribution is 0.592. The predicted molar refractivity (Wildman–Crippen MR) is 76.6 cm³/mol. The van der Waals surface area contributed by atoms with Crippen LogP contribution in [0, 0.1) is 13.8 Å². The zero-order valence-electron chi connectivity index (χ0n) is 11.2. The molecule has 0 spiro atoms. The molecule has 0 saturated heterocycles. The predicted octanol–water partition coefficient (Wildman–Crippen LogP) is 2.78. The topological polar surface area (TPSA) is 51.4 Å². The minimum absolute atomic E-state index is 0.0759. The van der Waals surface area contributed by atoms with Crippen molar-refractivity contribution in [2.75, 3.05) is 0 Å². The number of nitrogens with zero attached hydrogens (tertiary/aromatic N) is 2. The molecule has 1 aromatic carbocycles. The Morgan fingerprint density at radius 2 is 1.70 bits per heavy atom. The molecular formula is C15H14N2O2S. The third-order valence-electron chi connectivity index (χ3n) is 3.33. The van der Waals surface area contributed by atoms with Crippen LogP contribution in [-0.2, 0) is 9.84 Å². The Balaban J connectivity index is 2.15. The second-order valence-corrected chi connectivity index (χ2v) is 6.71. The Kier molecular flexibility index (Phi) is 2.87. The third kappa shape index (κ3) is 2.00. The maximum Gasteiger partial charge on any atom is 0.223 e. The first-order valence-electron chi connectivity index (χ1n) is 6.24. The number of hydrogen-bond donors (Lipinski definition) is 0. The normalized spacial score (nSPS) is 11.9. The van der Waals surface area contributed by atoms with E-state index < -0.39 is 9.84 Å². The molecule has 0 radical (unpaired) electrons. The van der Waals surface area contributed by atoms with Crippen LogP contribution in [-0.4, -0.2) is 17.8 Å². The van der Waals surface area contributed by atoms with Crippen LogP contribution in [0.25, 0.3) is 5.52 Å². The summed E-state index contributed by atoms with van der Waals surface area (Å²) in [7, 11) is -3.56. The van der Waals surface area contributed by atoms with Crippen molar-refractivity contribution in [1.82, 2.24) is 9.38 Å². The zero-order chi connectivity index (χ0) is 14.3. The molecule has 4 nitrogen and oxygen atoms in total. The highest BCUT2D eigenvalue weighted by Crippen LogP contribution is 2.21. The lowest BCUT2D eigenvalue weighted by atomic mass is 10.2. The van der Waals surface area contributed by atoms with Crippen LogP contribution in [0.1, 0.15) is 11.3 Å². The van der Waals surface area contributed by atoms with E-state index in [9.17, 15) is 8.42 Å². The molecule has 0 N–H and O–H groups in total. The molecule has 0 unspecified atom stereocenters. The van der Waals surface area contributed by atoms with Crippen LogP contribution in [0.2, 0.25) is 0 Å². The molecule has 3 aromatic rings. The first-order chi connectivity index (χ1) is 9.48. The molecule has 0 atom stereocenters. The highest BCUT2D eigenvalue weighted by molar-refractivity contribution is 7.91. The second kappa shape index (κ2) is 4.45. The zero-order valence-corrected chi connectivity index (χ0v) is 12.1. The average molecular weight is 286 g/mol. The summed E-state index contributed by atoms with van der Waals surface area (Å²) in [6.45, 7) is 3.87. The minimum Gasteiger partial charge on any atom is -0.305 e. The molecule has 0 aliphatic heterocycles. The van der Waals surface area contributed by atoms with Crippen LogP contribution in [0.3, 0.4) is 0 Å². The maximum absolute atomic E-state index is 12.5. The van der Waals surface area contributed by atoms with Crippen LogP contribution in [0.15, 0.2) is 58.7 Å². The number of hydrogen-bond acceptors (Lipinski definition) is 3. The molecule has 102 valence electrons. The van der Waals surface area contributed by atoms with Gasteiger partial charge in [-0.3, -0.25) is 0 Å². The van der Waals surface area contributed by atoms with Crippen molar-refractivity contribution >= 4 is 15.4 Å². The number of sulfone groups is 1. The Morgan fingerprint density at radius 3 is 2.40 bits per heavy atom. The number of rotatable bonds is 2. The van der Waals surface area contributed by atoms with Gasteiger partial charge >= 0.3 is 0 Å². The fourth-order valence-electron chi connectivity index (χ4n) is 2.11. The van der Waals surface area contributed by atoms with Gasteiger partial charge < -0.3 is 4.40 Å². The number of aryl methyl sites for hydroxylation is 2. The van der Waals surface area contributed by atoms with E-state index in [1.807, 2.05) is 30.4 Å². The van der Waals surface area contributed by atoms with Gasteiger partial charge in [0.1, 0.15) is 6.33 Å². The molecule has 2 aromatic heterocycles. The van der Waals surface area contributed by atoms with Gasteiger partial charge in [-0.1, -0.05) is 17.7 Å². The molecule has 0 fully saturated rings. The maximum atomic E-state index is 12.5. The van der Waals surface area contributed by atoms with Gasteiger partial charge in [0, 0.05) is 11.2 Å². The summed E-state index contributed by atoms with van der Waals surface area (Å²) >= 11 is 0. The van der Waals surface area contributed by atoms with Crippen LogP contribution >= 0.6 is 0 Å². The average Bonchev–Trinajstić information content (AvgIpc) is 2.80. The summed E-state index contributed by atoms with van der Waals surface area (Å²) in [6, 6.07) is 12.2. The van der Waals surface area contributed by atoms with Crippen molar-refractivity contribution in [3.8, 4) is 0 Å². The molecule has 0 bridgehead atoms. The molecule has 2 heterocycles. The molecular weight excluding hydrogens is 272 g/mol. The van der Waals surface area contributed by atoms with E-state index in [-0.39, 0.29) is 9.92 Å². The first-order valence-corrected chi connectivity index (χ1v) is 7.72. The summed E-state index contributed by atoms with van der Waals surface area (Å²) in [5.74, 6) is 0. The van der Waals surface area contributed by atoms with Gasteiger partial charge in [0.15, 0.2) is 5.03 Å². The summed E-state index contributed by atoms with van der Waals surface area (Å²) in [4.78, 5) is 4.35. The molecule has 0 aliphatic carbocycles. The summed E-state index contributed by atoms with van der Waals surface area (Å²) in [5.41, 5.74) is 2.87. The van der Waals surface area contributed by atoms with Crippen molar-refractivity contribution in [2.24, 2.45) is 0 Å². The van der Waals surface area contributed by atoms with Gasteiger partial charge in [0.05, 0.1) is 4.90 Å². The number of fused-ring (bicyclic) bond motifs is 1. The summed E-state index contributed by atoms with van der Waals surface area (Å²) in [5, 5.41) is 0.0759. The highest BCUT2D eigenvalue weighted by atomic mass is 32.2. The van der Waals surface area contributed by atoms with Crippen LogP contribution in [0.4, 0.5) is 0 Å².